The molecule has 0 atom stereocenters. The Morgan fingerprint density at radius 3 is 2.27 bits per heavy atom. The lowest BCUT2D eigenvalue weighted by atomic mass is 10.0. The fraction of sp³-hybridized carbons (Fsp3) is 0.100. The van der Waals surface area contributed by atoms with E-state index >= 15 is 0 Å². The predicted molar refractivity (Wildman–Crippen MR) is 102 cm³/mol. The molecule has 0 unspecified atom stereocenters. The van der Waals surface area contributed by atoms with E-state index in [0.29, 0.717) is 16.3 Å². The van der Waals surface area contributed by atoms with E-state index in [1.807, 2.05) is 55.5 Å². The molecule has 0 bridgehead atoms. The molecule has 0 fully saturated rings. The molecule has 1 amide bonds. The van der Waals surface area contributed by atoms with Gasteiger partial charge in [0, 0.05) is 10.4 Å². The smallest absolute Gasteiger partial charge is 0.339 e. The lowest BCUT2D eigenvalue weighted by molar-refractivity contribution is -0.118. The van der Waals surface area contributed by atoms with Crippen molar-refractivity contribution >= 4 is 28.2 Å². The van der Waals surface area contributed by atoms with Gasteiger partial charge in [0.25, 0.3) is 5.91 Å². The van der Waals surface area contributed by atoms with Crippen molar-refractivity contribution in [2.24, 2.45) is 0 Å². The van der Waals surface area contributed by atoms with Gasteiger partial charge >= 0.3 is 5.97 Å². The van der Waals surface area contributed by atoms with Gasteiger partial charge in [-0.25, -0.2) is 4.79 Å². The average molecular weight is 367 g/mol. The summed E-state index contributed by atoms with van der Waals surface area (Å²) in [5.41, 5.74) is 1.54. The number of carbonyl (C=O) groups is 2. The number of aromatic carboxylic acids is 1. The summed E-state index contributed by atoms with van der Waals surface area (Å²) < 4.78 is 5.41. The number of aryl methyl sites for hydroxylation is 1. The number of rotatable bonds is 6. The number of anilines is 1. The second-order valence-electron chi connectivity index (χ2n) is 5.56. The summed E-state index contributed by atoms with van der Waals surface area (Å²) in [6.07, 6.45) is 0. The van der Waals surface area contributed by atoms with E-state index in [9.17, 15) is 14.7 Å². The summed E-state index contributed by atoms with van der Waals surface area (Å²) in [7, 11) is 0. The number of hydrogen-bond donors (Lipinski definition) is 2. The van der Waals surface area contributed by atoms with Crippen LogP contribution < -0.4 is 10.1 Å². The summed E-state index contributed by atoms with van der Waals surface area (Å²) in [5, 5.41) is 12.6. The van der Waals surface area contributed by atoms with Crippen molar-refractivity contribution in [2.45, 2.75) is 6.92 Å². The maximum absolute atomic E-state index is 12.2. The van der Waals surface area contributed by atoms with Gasteiger partial charge in [-0.2, -0.15) is 0 Å². The summed E-state index contributed by atoms with van der Waals surface area (Å²) in [6, 6.07) is 18.2. The molecular formula is C20H17NO4S. The molecular weight excluding hydrogens is 350 g/mol. The highest BCUT2D eigenvalue weighted by atomic mass is 32.1. The first-order valence-corrected chi connectivity index (χ1v) is 8.77. The summed E-state index contributed by atoms with van der Waals surface area (Å²) in [6.45, 7) is 1.65. The maximum atomic E-state index is 12.2. The van der Waals surface area contributed by atoms with E-state index in [-0.39, 0.29) is 12.2 Å². The van der Waals surface area contributed by atoms with Gasteiger partial charge in [-0.3, -0.25) is 4.79 Å². The first-order chi connectivity index (χ1) is 12.6. The zero-order chi connectivity index (χ0) is 18.5. The largest absolute Gasteiger partial charge is 0.484 e. The standard InChI is InChI=1S/C20H17NO4S/c1-13-17(14-8-4-2-5-9-14)18(20(23)24)19(26-13)21-16(22)12-25-15-10-6-3-7-11-15/h2-11H,12H2,1H3,(H,21,22)(H,23,24). The number of para-hydroxylation sites is 1. The average Bonchev–Trinajstić information content (AvgIpc) is 2.97. The topological polar surface area (TPSA) is 75.6 Å². The molecule has 0 saturated carbocycles. The van der Waals surface area contributed by atoms with Gasteiger partial charge in [0.2, 0.25) is 0 Å². The fourth-order valence-corrected chi connectivity index (χ4v) is 3.70. The molecule has 1 heterocycles. The van der Waals surface area contributed by atoms with Crippen LogP contribution in [0.4, 0.5) is 5.00 Å². The van der Waals surface area contributed by atoms with E-state index in [4.69, 9.17) is 4.74 Å². The third-order valence-electron chi connectivity index (χ3n) is 3.73. The van der Waals surface area contributed by atoms with Crippen LogP contribution in [-0.2, 0) is 4.79 Å². The molecule has 132 valence electrons. The lowest BCUT2D eigenvalue weighted by Gasteiger charge is -2.08. The number of nitrogens with one attached hydrogen (secondary N) is 1. The van der Waals surface area contributed by atoms with Crippen molar-refractivity contribution < 1.29 is 19.4 Å². The molecule has 3 aromatic rings. The first kappa shape index (κ1) is 17.7. The molecule has 0 aliphatic heterocycles. The third kappa shape index (κ3) is 3.92. The molecule has 1 aromatic heterocycles. The molecule has 5 nitrogen and oxygen atoms in total. The normalized spacial score (nSPS) is 10.3. The van der Waals surface area contributed by atoms with Gasteiger partial charge in [0.15, 0.2) is 6.61 Å². The van der Waals surface area contributed by atoms with Crippen LogP contribution in [0.3, 0.4) is 0 Å². The highest BCUT2D eigenvalue weighted by Gasteiger charge is 2.24. The lowest BCUT2D eigenvalue weighted by Crippen LogP contribution is -2.20. The Balaban J connectivity index is 1.82. The second-order valence-corrected chi connectivity index (χ2v) is 6.78. The fourth-order valence-electron chi connectivity index (χ4n) is 2.62. The summed E-state index contributed by atoms with van der Waals surface area (Å²) in [4.78, 5) is 24.8. The Morgan fingerprint density at radius 1 is 1.04 bits per heavy atom. The SMILES string of the molecule is Cc1sc(NC(=O)COc2ccccc2)c(C(=O)O)c1-c1ccccc1. The van der Waals surface area contributed by atoms with Crippen molar-refractivity contribution in [3.05, 3.63) is 71.1 Å². The minimum Gasteiger partial charge on any atom is -0.484 e. The molecule has 3 rings (SSSR count). The molecule has 0 spiro atoms. The molecule has 6 heteroatoms. The number of amides is 1. The predicted octanol–water partition coefficient (Wildman–Crippen LogP) is 4.44. The molecule has 0 saturated heterocycles. The van der Waals surface area contributed by atoms with Crippen LogP contribution in [0.2, 0.25) is 0 Å². The minimum atomic E-state index is -1.08. The molecule has 0 aliphatic carbocycles. The number of hydrogen-bond acceptors (Lipinski definition) is 4. The molecule has 0 radical (unpaired) electrons. The van der Waals surface area contributed by atoms with Gasteiger partial charge in [-0.15, -0.1) is 11.3 Å². The highest BCUT2D eigenvalue weighted by molar-refractivity contribution is 7.17. The number of thiophene rings is 1. The maximum Gasteiger partial charge on any atom is 0.339 e. The van der Waals surface area contributed by atoms with Gasteiger partial charge < -0.3 is 15.2 Å². The molecule has 2 aromatic carbocycles. The summed E-state index contributed by atoms with van der Waals surface area (Å²) in [5.74, 6) is -0.905. The number of carboxylic acid groups (broad SMARTS) is 1. The Kier molecular flexibility index (Phi) is 5.34. The van der Waals surface area contributed by atoms with Crippen LogP contribution in [-0.4, -0.2) is 23.6 Å². The van der Waals surface area contributed by atoms with Crippen LogP contribution in [0.25, 0.3) is 11.1 Å². The van der Waals surface area contributed by atoms with Crippen molar-refractivity contribution in [3.63, 3.8) is 0 Å². The van der Waals surface area contributed by atoms with E-state index < -0.39 is 11.9 Å². The van der Waals surface area contributed by atoms with E-state index in [0.717, 1.165) is 10.4 Å². The van der Waals surface area contributed by atoms with Crippen LogP contribution in [0.5, 0.6) is 5.75 Å². The number of ether oxygens (including phenoxy) is 1. The summed E-state index contributed by atoms with van der Waals surface area (Å²) >= 11 is 1.25. The zero-order valence-corrected chi connectivity index (χ0v) is 14.9. The first-order valence-electron chi connectivity index (χ1n) is 7.96. The van der Waals surface area contributed by atoms with Crippen LogP contribution in [0.15, 0.2) is 60.7 Å². The van der Waals surface area contributed by atoms with Crippen LogP contribution >= 0.6 is 11.3 Å². The Hall–Kier alpha value is -3.12. The van der Waals surface area contributed by atoms with Crippen molar-refractivity contribution in [3.8, 4) is 16.9 Å². The van der Waals surface area contributed by atoms with Crippen LogP contribution in [0.1, 0.15) is 15.2 Å². The van der Waals surface area contributed by atoms with Crippen molar-refractivity contribution in [2.75, 3.05) is 11.9 Å². The number of benzene rings is 2. The Bertz CT molecular complexity index is 920. The van der Waals surface area contributed by atoms with E-state index in [2.05, 4.69) is 5.32 Å². The second kappa shape index (κ2) is 7.84. The molecule has 2 N–H and O–H groups in total. The number of carboxylic acids is 1. The molecule has 0 aliphatic rings. The van der Waals surface area contributed by atoms with Gasteiger partial charge in [0.05, 0.1) is 0 Å². The highest BCUT2D eigenvalue weighted by Crippen LogP contribution is 2.39. The van der Waals surface area contributed by atoms with Crippen molar-refractivity contribution in [1.82, 2.24) is 0 Å². The third-order valence-corrected chi connectivity index (χ3v) is 4.75. The van der Waals surface area contributed by atoms with Crippen LogP contribution in [0, 0.1) is 6.92 Å². The van der Waals surface area contributed by atoms with E-state index in [1.54, 1.807) is 12.1 Å². The van der Waals surface area contributed by atoms with Gasteiger partial charge in [0.1, 0.15) is 16.3 Å². The van der Waals surface area contributed by atoms with E-state index in [1.165, 1.54) is 11.3 Å². The monoisotopic (exact) mass is 367 g/mol. The molecule has 26 heavy (non-hydrogen) atoms. The quantitative estimate of drug-likeness (QED) is 0.675. The number of carbonyl (C=O) groups excluding carboxylic acids is 1. The van der Waals surface area contributed by atoms with Crippen molar-refractivity contribution in [1.29, 1.82) is 0 Å². The van der Waals surface area contributed by atoms with Gasteiger partial charge in [-0.05, 0) is 24.6 Å². The van der Waals surface area contributed by atoms with Gasteiger partial charge in [-0.1, -0.05) is 48.5 Å². The minimum absolute atomic E-state index is 0.103. The Morgan fingerprint density at radius 2 is 1.65 bits per heavy atom. The zero-order valence-electron chi connectivity index (χ0n) is 14.1. The Labute approximate surface area is 154 Å².